The Kier molecular flexibility index (Phi) is 3.91. The molecule has 0 fully saturated rings. The summed E-state index contributed by atoms with van der Waals surface area (Å²) in [5.41, 5.74) is 2.70. The fourth-order valence-electron chi connectivity index (χ4n) is 3.16. The number of fused-ring (bicyclic) bond motifs is 2. The molecule has 3 aromatic heterocycles. The lowest BCUT2D eigenvalue weighted by Crippen LogP contribution is -1.94. The van der Waals surface area contributed by atoms with E-state index in [9.17, 15) is 0 Å². The van der Waals surface area contributed by atoms with E-state index in [0.29, 0.717) is 22.3 Å². The van der Waals surface area contributed by atoms with E-state index in [1.165, 1.54) is 11.3 Å². The molecule has 0 saturated carbocycles. The number of ether oxygens (including phenoxy) is 2. The highest BCUT2D eigenvalue weighted by molar-refractivity contribution is 7.19. The third-order valence-corrected chi connectivity index (χ3v) is 5.44. The highest BCUT2D eigenvalue weighted by Crippen LogP contribution is 2.35. The molecule has 8 heteroatoms. The summed E-state index contributed by atoms with van der Waals surface area (Å²) in [4.78, 5) is 5.23. The van der Waals surface area contributed by atoms with E-state index in [2.05, 4.69) is 15.2 Å². The second-order valence-electron chi connectivity index (χ2n) is 6.08. The number of aromatic nitrogens is 5. The number of rotatable bonds is 4. The Hall–Kier alpha value is -3.52. The lowest BCUT2D eigenvalue weighted by Gasteiger charge is -2.07. The molecule has 0 N–H and O–H groups in total. The van der Waals surface area contributed by atoms with Gasteiger partial charge in [-0.05, 0) is 30.3 Å². The summed E-state index contributed by atoms with van der Waals surface area (Å²) < 4.78 is 12.5. The van der Waals surface area contributed by atoms with Crippen LogP contribution in [0, 0.1) is 0 Å². The van der Waals surface area contributed by atoms with E-state index in [1.54, 1.807) is 24.9 Å². The Morgan fingerprint density at radius 3 is 2.64 bits per heavy atom. The summed E-state index contributed by atoms with van der Waals surface area (Å²) in [5, 5.41) is 15.3. The second-order valence-corrected chi connectivity index (χ2v) is 7.03. The van der Waals surface area contributed by atoms with Crippen molar-refractivity contribution >= 4 is 27.2 Å². The van der Waals surface area contributed by atoms with E-state index in [1.807, 2.05) is 48.5 Å². The number of nitrogens with zero attached hydrogens (tertiary/aromatic N) is 5. The molecule has 3 heterocycles. The molecule has 0 spiro atoms. The van der Waals surface area contributed by atoms with Crippen molar-refractivity contribution in [2.75, 3.05) is 14.2 Å². The van der Waals surface area contributed by atoms with Crippen molar-refractivity contribution in [1.29, 1.82) is 0 Å². The first kappa shape index (κ1) is 16.6. The Morgan fingerprint density at radius 1 is 0.929 bits per heavy atom. The average Bonchev–Trinajstić information content (AvgIpc) is 3.34. The van der Waals surface area contributed by atoms with E-state index in [4.69, 9.17) is 14.6 Å². The molecule has 138 valence electrons. The van der Waals surface area contributed by atoms with Gasteiger partial charge in [-0.25, -0.2) is 0 Å². The van der Waals surface area contributed by atoms with Crippen molar-refractivity contribution in [2.45, 2.75) is 0 Å². The smallest absolute Gasteiger partial charge is 0.235 e. The molecule has 0 bridgehead atoms. The maximum Gasteiger partial charge on any atom is 0.235 e. The zero-order chi connectivity index (χ0) is 19.1. The first-order valence-corrected chi connectivity index (χ1v) is 9.39. The fraction of sp³-hybridized carbons (Fsp3) is 0.100. The van der Waals surface area contributed by atoms with Crippen LogP contribution in [0.3, 0.4) is 0 Å². The normalized spacial score (nSPS) is 11.2. The molecule has 28 heavy (non-hydrogen) atoms. The van der Waals surface area contributed by atoms with Gasteiger partial charge in [-0.15, -0.1) is 10.2 Å². The summed E-state index contributed by atoms with van der Waals surface area (Å²) in [5.74, 6) is 2.00. The summed E-state index contributed by atoms with van der Waals surface area (Å²) in [6.45, 7) is 0. The molecular formula is C20H15N5O2S. The molecule has 0 aliphatic heterocycles. The summed E-state index contributed by atoms with van der Waals surface area (Å²) >= 11 is 1.47. The van der Waals surface area contributed by atoms with Gasteiger partial charge in [-0.1, -0.05) is 29.5 Å². The zero-order valence-electron chi connectivity index (χ0n) is 15.2. The minimum Gasteiger partial charge on any atom is -0.493 e. The quantitative estimate of drug-likeness (QED) is 0.461. The van der Waals surface area contributed by atoms with Gasteiger partial charge in [0, 0.05) is 22.7 Å². The van der Waals surface area contributed by atoms with Crippen LogP contribution in [0.25, 0.3) is 37.8 Å². The van der Waals surface area contributed by atoms with E-state index in [-0.39, 0.29) is 0 Å². The number of pyridine rings is 1. The lowest BCUT2D eigenvalue weighted by atomic mass is 10.1. The topological polar surface area (TPSA) is 74.4 Å². The predicted octanol–water partition coefficient (Wildman–Crippen LogP) is 4.09. The van der Waals surface area contributed by atoms with Crippen molar-refractivity contribution in [3.05, 3.63) is 54.7 Å². The number of hydrogen-bond acceptors (Lipinski definition) is 7. The third-order valence-electron chi connectivity index (χ3n) is 4.49. The van der Waals surface area contributed by atoms with Crippen LogP contribution in [0.5, 0.6) is 11.5 Å². The largest absolute Gasteiger partial charge is 0.493 e. The highest BCUT2D eigenvalue weighted by atomic mass is 32.1. The zero-order valence-corrected chi connectivity index (χ0v) is 16.0. The minimum absolute atomic E-state index is 0.657. The lowest BCUT2D eigenvalue weighted by molar-refractivity contribution is 0.355. The molecule has 0 radical (unpaired) electrons. The van der Waals surface area contributed by atoms with E-state index in [0.717, 1.165) is 27.0 Å². The first-order valence-electron chi connectivity index (χ1n) is 8.57. The summed E-state index contributed by atoms with van der Waals surface area (Å²) in [7, 11) is 3.23. The first-order chi connectivity index (χ1) is 13.8. The standard InChI is InChI=1S/C20H15N5O2S/c1-26-15-9-8-13(11-16(15)27-2)19-24-25-18(22-23-20(25)28-19)14-7-3-5-12-6-4-10-21-17(12)14/h3-11H,1-2H3. The Balaban J connectivity index is 1.65. The van der Waals surface area contributed by atoms with Gasteiger partial charge in [-0.2, -0.15) is 9.61 Å². The molecular weight excluding hydrogens is 374 g/mol. The van der Waals surface area contributed by atoms with Crippen LogP contribution in [0.4, 0.5) is 0 Å². The number of methoxy groups -OCH3 is 2. The van der Waals surface area contributed by atoms with Gasteiger partial charge in [0.25, 0.3) is 0 Å². The van der Waals surface area contributed by atoms with Crippen molar-refractivity contribution in [1.82, 2.24) is 24.8 Å². The number of para-hydroxylation sites is 1. The molecule has 0 atom stereocenters. The van der Waals surface area contributed by atoms with Crippen molar-refractivity contribution < 1.29 is 9.47 Å². The number of hydrogen-bond donors (Lipinski definition) is 0. The fourth-order valence-corrected chi connectivity index (χ4v) is 3.99. The van der Waals surface area contributed by atoms with Crippen LogP contribution in [-0.4, -0.2) is 39.0 Å². The summed E-state index contributed by atoms with van der Waals surface area (Å²) in [6.07, 6.45) is 1.78. The molecule has 0 unspecified atom stereocenters. The van der Waals surface area contributed by atoms with Crippen molar-refractivity contribution in [2.24, 2.45) is 0 Å². The monoisotopic (exact) mass is 389 g/mol. The van der Waals surface area contributed by atoms with Gasteiger partial charge in [0.05, 0.1) is 19.7 Å². The molecule has 0 amide bonds. The third kappa shape index (κ3) is 2.57. The molecule has 5 rings (SSSR count). The van der Waals surface area contributed by atoms with E-state index >= 15 is 0 Å². The van der Waals surface area contributed by atoms with E-state index < -0.39 is 0 Å². The Morgan fingerprint density at radius 2 is 1.79 bits per heavy atom. The van der Waals surface area contributed by atoms with Crippen LogP contribution < -0.4 is 9.47 Å². The molecule has 0 aliphatic carbocycles. The highest BCUT2D eigenvalue weighted by Gasteiger charge is 2.17. The predicted molar refractivity (Wildman–Crippen MR) is 108 cm³/mol. The molecule has 0 saturated heterocycles. The van der Waals surface area contributed by atoms with Crippen molar-refractivity contribution in [3.8, 4) is 33.5 Å². The van der Waals surface area contributed by atoms with Gasteiger partial charge in [-0.3, -0.25) is 4.98 Å². The SMILES string of the molecule is COc1ccc(-c2nn3c(-c4cccc5cccnc45)nnc3s2)cc1OC. The van der Waals surface area contributed by atoms with Crippen LogP contribution in [-0.2, 0) is 0 Å². The van der Waals surface area contributed by atoms with Crippen LogP contribution >= 0.6 is 11.3 Å². The molecule has 0 aliphatic rings. The van der Waals surface area contributed by atoms with Gasteiger partial charge in [0.1, 0.15) is 5.01 Å². The maximum absolute atomic E-state index is 5.40. The maximum atomic E-state index is 5.40. The molecule has 5 aromatic rings. The van der Waals surface area contributed by atoms with Gasteiger partial charge < -0.3 is 9.47 Å². The Labute approximate surface area is 164 Å². The van der Waals surface area contributed by atoms with Crippen LogP contribution in [0.2, 0.25) is 0 Å². The number of benzene rings is 2. The van der Waals surface area contributed by atoms with Gasteiger partial charge >= 0.3 is 0 Å². The van der Waals surface area contributed by atoms with Gasteiger partial charge in [0.15, 0.2) is 17.3 Å². The van der Waals surface area contributed by atoms with Gasteiger partial charge in [0.2, 0.25) is 4.96 Å². The second kappa shape index (κ2) is 6.58. The summed E-state index contributed by atoms with van der Waals surface area (Å²) in [6, 6.07) is 15.7. The molecule has 2 aromatic carbocycles. The van der Waals surface area contributed by atoms with Crippen molar-refractivity contribution in [3.63, 3.8) is 0 Å². The molecule has 7 nitrogen and oxygen atoms in total. The minimum atomic E-state index is 0.657. The van der Waals surface area contributed by atoms with Crippen LogP contribution in [0.15, 0.2) is 54.7 Å². The van der Waals surface area contributed by atoms with Crippen LogP contribution in [0.1, 0.15) is 0 Å². The average molecular weight is 389 g/mol. The Bertz CT molecular complexity index is 1310.